The van der Waals surface area contributed by atoms with E-state index in [1.807, 2.05) is 12.2 Å². The van der Waals surface area contributed by atoms with Crippen molar-refractivity contribution in [3.05, 3.63) is 48.6 Å². The van der Waals surface area contributed by atoms with Crippen molar-refractivity contribution in [1.82, 2.24) is 5.32 Å². The quantitative estimate of drug-likeness (QED) is 0.0447. The maximum absolute atomic E-state index is 12.3. The van der Waals surface area contributed by atoms with E-state index < -0.39 is 24.2 Å². The number of nitrogens with one attached hydrogen (secondary N) is 1. The maximum Gasteiger partial charge on any atom is 0.223 e. The van der Waals surface area contributed by atoms with Gasteiger partial charge in [-0.25, -0.2) is 0 Å². The van der Waals surface area contributed by atoms with Crippen LogP contribution >= 0.6 is 0 Å². The Labute approximate surface area is 272 Å². The summed E-state index contributed by atoms with van der Waals surface area (Å²) in [6.07, 6.45) is 42.6. The molecule has 4 N–H and O–H groups in total. The van der Waals surface area contributed by atoms with Gasteiger partial charge in [-0.3, -0.25) is 4.79 Å². The van der Waals surface area contributed by atoms with Crippen LogP contribution in [-0.4, -0.2) is 46.1 Å². The van der Waals surface area contributed by atoms with E-state index in [0.717, 1.165) is 32.1 Å². The minimum absolute atomic E-state index is 0.102. The first-order valence-corrected chi connectivity index (χ1v) is 18.4. The lowest BCUT2D eigenvalue weighted by molar-refractivity contribution is -0.124. The van der Waals surface area contributed by atoms with Crippen LogP contribution in [-0.2, 0) is 4.79 Å². The first-order valence-electron chi connectivity index (χ1n) is 18.4. The maximum atomic E-state index is 12.3. The lowest BCUT2D eigenvalue weighted by Crippen LogP contribution is -2.45. The SMILES string of the molecule is CCCCCCCC/C=C\C/C=C\C(O)CC(=O)NC(CO)C(O)/C=C/CC/C=C/CCCCCCCCCCCCCC. The van der Waals surface area contributed by atoms with Crippen molar-refractivity contribution < 1.29 is 20.1 Å². The second-order valence-electron chi connectivity index (χ2n) is 12.5. The number of rotatable bonds is 32. The van der Waals surface area contributed by atoms with Gasteiger partial charge in [0, 0.05) is 0 Å². The van der Waals surface area contributed by atoms with Gasteiger partial charge >= 0.3 is 0 Å². The number of hydrogen-bond donors (Lipinski definition) is 4. The minimum Gasteiger partial charge on any atom is -0.394 e. The van der Waals surface area contributed by atoms with Crippen LogP contribution in [0.15, 0.2) is 48.6 Å². The summed E-state index contributed by atoms with van der Waals surface area (Å²) in [5.41, 5.74) is 0. The molecule has 0 fully saturated rings. The van der Waals surface area contributed by atoms with Gasteiger partial charge in [-0.05, 0) is 44.9 Å². The molecule has 3 atom stereocenters. The fourth-order valence-corrected chi connectivity index (χ4v) is 5.23. The van der Waals surface area contributed by atoms with Gasteiger partial charge in [-0.2, -0.15) is 0 Å². The molecule has 5 nitrogen and oxygen atoms in total. The van der Waals surface area contributed by atoms with E-state index in [2.05, 4.69) is 43.5 Å². The Hall–Kier alpha value is -1.69. The monoisotopic (exact) mass is 618 g/mol. The smallest absolute Gasteiger partial charge is 0.223 e. The van der Waals surface area contributed by atoms with Crippen molar-refractivity contribution in [3.63, 3.8) is 0 Å². The second kappa shape index (κ2) is 34.2. The number of allylic oxidation sites excluding steroid dienone is 6. The number of aliphatic hydroxyl groups is 3. The van der Waals surface area contributed by atoms with E-state index in [1.165, 1.54) is 116 Å². The van der Waals surface area contributed by atoms with E-state index in [4.69, 9.17) is 0 Å². The second-order valence-corrected chi connectivity index (χ2v) is 12.5. The molecule has 0 spiro atoms. The molecule has 0 aromatic rings. The Kier molecular flexibility index (Phi) is 32.9. The molecule has 0 aromatic heterocycles. The van der Waals surface area contributed by atoms with Crippen LogP contribution in [0.1, 0.15) is 168 Å². The molecule has 5 heteroatoms. The van der Waals surface area contributed by atoms with Crippen molar-refractivity contribution in [3.8, 4) is 0 Å². The number of carbonyl (C=O) groups is 1. The molecular weight excluding hydrogens is 546 g/mol. The standard InChI is InChI=1S/C39H71NO4/c1-3-5-7-9-11-13-15-16-17-18-19-20-21-23-25-27-29-31-33-38(43)37(35-41)40-39(44)34-36(42)32-30-28-26-24-22-14-12-10-8-6-4-2/h23-26,30-33,36-38,41-43H,3-22,27-29,34-35H2,1-2H3,(H,40,44)/b25-23+,26-24-,32-30-,33-31+. The molecule has 0 heterocycles. The van der Waals surface area contributed by atoms with Crippen LogP contribution in [0.2, 0.25) is 0 Å². The fourth-order valence-electron chi connectivity index (χ4n) is 5.23. The van der Waals surface area contributed by atoms with Crippen molar-refractivity contribution >= 4 is 5.91 Å². The molecule has 0 saturated heterocycles. The summed E-state index contributed by atoms with van der Waals surface area (Å²) >= 11 is 0. The van der Waals surface area contributed by atoms with Crippen molar-refractivity contribution in [2.75, 3.05) is 6.61 Å². The average molecular weight is 618 g/mol. The lowest BCUT2D eigenvalue weighted by atomic mass is 10.0. The summed E-state index contributed by atoms with van der Waals surface area (Å²) in [5, 5.41) is 32.8. The topological polar surface area (TPSA) is 89.8 Å². The molecular formula is C39H71NO4. The molecule has 44 heavy (non-hydrogen) atoms. The highest BCUT2D eigenvalue weighted by Crippen LogP contribution is 2.13. The Balaban J connectivity index is 3.87. The zero-order valence-corrected chi connectivity index (χ0v) is 28.8. The van der Waals surface area contributed by atoms with Crippen LogP contribution in [0.3, 0.4) is 0 Å². The minimum atomic E-state index is -0.974. The molecule has 0 saturated carbocycles. The molecule has 0 aliphatic rings. The van der Waals surface area contributed by atoms with E-state index >= 15 is 0 Å². The van der Waals surface area contributed by atoms with Gasteiger partial charge in [-0.15, -0.1) is 0 Å². The fraction of sp³-hybridized carbons (Fsp3) is 0.769. The number of amides is 1. The number of aliphatic hydroxyl groups excluding tert-OH is 3. The summed E-state index contributed by atoms with van der Waals surface area (Å²) in [6.45, 7) is 4.13. The van der Waals surface area contributed by atoms with E-state index in [-0.39, 0.29) is 13.0 Å². The molecule has 0 aliphatic heterocycles. The zero-order chi connectivity index (χ0) is 32.4. The van der Waals surface area contributed by atoms with Crippen LogP contribution < -0.4 is 5.32 Å². The summed E-state index contributed by atoms with van der Waals surface area (Å²) < 4.78 is 0. The molecule has 1 amide bonds. The summed E-state index contributed by atoms with van der Waals surface area (Å²) in [4.78, 5) is 12.3. The highest BCUT2D eigenvalue weighted by Gasteiger charge is 2.19. The highest BCUT2D eigenvalue weighted by atomic mass is 16.3. The van der Waals surface area contributed by atoms with Gasteiger partial charge in [0.1, 0.15) is 0 Å². The van der Waals surface area contributed by atoms with Crippen molar-refractivity contribution in [2.45, 2.75) is 186 Å². The molecule has 0 aliphatic carbocycles. The number of unbranched alkanes of at least 4 members (excludes halogenated alkanes) is 19. The first kappa shape index (κ1) is 42.3. The molecule has 0 bridgehead atoms. The van der Waals surface area contributed by atoms with E-state index in [0.29, 0.717) is 0 Å². The van der Waals surface area contributed by atoms with E-state index in [1.54, 1.807) is 12.2 Å². The summed E-state index contributed by atoms with van der Waals surface area (Å²) in [7, 11) is 0. The highest BCUT2D eigenvalue weighted by molar-refractivity contribution is 5.77. The van der Waals surface area contributed by atoms with Crippen LogP contribution in [0.5, 0.6) is 0 Å². The van der Waals surface area contributed by atoms with Crippen molar-refractivity contribution in [1.29, 1.82) is 0 Å². The third-order valence-corrected chi connectivity index (χ3v) is 8.10. The largest absolute Gasteiger partial charge is 0.394 e. The van der Waals surface area contributed by atoms with Gasteiger partial charge in [0.15, 0.2) is 0 Å². The summed E-state index contributed by atoms with van der Waals surface area (Å²) in [5.74, 6) is -0.395. The third kappa shape index (κ3) is 30.3. The van der Waals surface area contributed by atoms with Gasteiger partial charge < -0.3 is 20.6 Å². The van der Waals surface area contributed by atoms with Gasteiger partial charge in [0.2, 0.25) is 5.91 Å². The predicted octanol–water partition coefficient (Wildman–Crippen LogP) is 9.81. The Bertz CT molecular complexity index is 730. The number of carbonyl (C=O) groups excluding carboxylic acids is 1. The van der Waals surface area contributed by atoms with Gasteiger partial charge in [-0.1, -0.05) is 165 Å². The van der Waals surface area contributed by atoms with E-state index in [9.17, 15) is 20.1 Å². The van der Waals surface area contributed by atoms with Crippen LogP contribution in [0, 0.1) is 0 Å². The lowest BCUT2D eigenvalue weighted by Gasteiger charge is -2.20. The van der Waals surface area contributed by atoms with Crippen LogP contribution in [0.4, 0.5) is 0 Å². The molecule has 0 radical (unpaired) electrons. The van der Waals surface area contributed by atoms with Gasteiger partial charge in [0.05, 0.1) is 31.3 Å². The van der Waals surface area contributed by atoms with Gasteiger partial charge in [0.25, 0.3) is 0 Å². The normalized spacial score (nSPS) is 14.4. The Morgan fingerprint density at radius 1 is 0.568 bits per heavy atom. The Morgan fingerprint density at radius 3 is 1.55 bits per heavy atom. The van der Waals surface area contributed by atoms with Crippen LogP contribution in [0.25, 0.3) is 0 Å². The third-order valence-electron chi connectivity index (χ3n) is 8.10. The molecule has 0 aromatic carbocycles. The predicted molar refractivity (Wildman–Crippen MR) is 190 cm³/mol. The summed E-state index contributed by atoms with van der Waals surface area (Å²) in [6, 6.07) is -0.791. The Morgan fingerprint density at radius 2 is 1.02 bits per heavy atom. The molecule has 3 unspecified atom stereocenters. The first-order chi connectivity index (χ1) is 21.5. The van der Waals surface area contributed by atoms with Crippen molar-refractivity contribution in [2.24, 2.45) is 0 Å². The molecule has 256 valence electrons. The zero-order valence-electron chi connectivity index (χ0n) is 28.8. The average Bonchev–Trinajstić information content (AvgIpc) is 3.01. The molecule has 0 rings (SSSR count). The number of hydrogen-bond acceptors (Lipinski definition) is 4.